The number of aromatic nitrogens is 2. The Hall–Kier alpha value is -2.31. The summed E-state index contributed by atoms with van der Waals surface area (Å²) in [5, 5.41) is 5.10. The van der Waals surface area contributed by atoms with E-state index < -0.39 is 0 Å². The molecule has 2 heterocycles. The van der Waals surface area contributed by atoms with E-state index in [1.165, 1.54) is 0 Å². The monoisotopic (exact) mass is 442 g/mol. The number of allylic oxidation sites excluding steroid dienone is 1. The number of rotatable bonds is 5. The Morgan fingerprint density at radius 3 is 2.65 bits per heavy atom. The number of nitrogens with zero attached hydrogens (tertiary/aromatic N) is 4. The van der Waals surface area contributed by atoms with Crippen molar-refractivity contribution in [3.05, 3.63) is 58.4 Å². The van der Waals surface area contributed by atoms with Crippen LogP contribution in [0.25, 0.3) is 0 Å². The summed E-state index contributed by atoms with van der Waals surface area (Å²) in [5.41, 5.74) is 2.76. The summed E-state index contributed by atoms with van der Waals surface area (Å²) < 4.78 is 7.73. The molecule has 1 aliphatic carbocycles. The lowest BCUT2D eigenvalue weighted by Gasteiger charge is -2.22. The molecule has 1 unspecified atom stereocenters. The summed E-state index contributed by atoms with van der Waals surface area (Å²) in [6.45, 7) is 6.00. The molecule has 0 spiro atoms. The molecule has 4 rings (SSSR count). The van der Waals surface area contributed by atoms with Gasteiger partial charge in [0.05, 0.1) is 5.69 Å². The number of carbonyl (C=O) groups is 1. The van der Waals surface area contributed by atoms with E-state index in [4.69, 9.17) is 16.3 Å². The second-order valence-electron chi connectivity index (χ2n) is 8.44. The normalized spacial score (nSPS) is 20.0. The van der Waals surface area contributed by atoms with Gasteiger partial charge in [-0.1, -0.05) is 17.7 Å². The Kier molecular flexibility index (Phi) is 6.98. The summed E-state index contributed by atoms with van der Waals surface area (Å²) in [7, 11) is 1.86. The highest BCUT2D eigenvalue weighted by Gasteiger charge is 2.22. The fourth-order valence-electron chi connectivity index (χ4n) is 4.32. The third-order valence-corrected chi connectivity index (χ3v) is 6.60. The van der Waals surface area contributed by atoms with Gasteiger partial charge in [0.1, 0.15) is 17.0 Å². The standard InChI is InChI=1S/C24H31ClN4O2/c1-18-22(23(25)27(2)26-18)17-28-13-6-14-29(16-15-28)24(30)19-9-11-21(12-10-19)31-20-7-4-3-5-8-20/h4,7,9-12,20H,3,5-6,8,13-17H2,1-2H3. The van der Waals surface area contributed by atoms with Gasteiger partial charge in [-0.2, -0.15) is 5.10 Å². The zero-order chi connectivity index (χ0) is 21.8. The lowest BCUT2D eigenvalue weighted by molar-refractivity contribution is 0.0761. The highest BCUT2D eigenvalue weighted by molar-refractivity contribution is 6.30. The van der Waals surface area contributed by atoms with Crippen LogP contribution in [0.4, 0.5) is 0 Å². The first kappa shape index (κ1) is 21.9. The number of halogens is 1. The first-order valence-corrected chi connectivity index (χ1v) is 11.5. The Balaban J connectivity index is 1.33. The maximum Gasteiger partial charge on any atom is 0.253 e. The van der Waals surface area contributed by atoms with Crippen LogP contribution in [0.5, 0.6) is 5.75 Å². The van der Waals surface area contributed by atoms with Gasteiger partial charge >= 0.3 is 0 Å². The van der Waals surface area contributed by atoms with E-state index in [9.17, 15) is 4.79 Å². The van der Waals surface area contributed by atoms with Gasteiger partial charge in [-0.25, -0.2) is 0 Å². The SMILES string of the molecule is Cc1nn(C)c(Cl)c1CN1CCCN(C(=O)c2ccc(OC3C=CCCC3)cc2)CC1. The Morgan fingerprint density at radius 2 is 1.97 bits per heavy atom. The van der Waals surface area contributed by atoms with Crippen LogP contribution < -0.4 is 4.74 Å². The van der Waals surface area contributed by atoms with Crippen molar-refractivity contribution in [1.82, 2.24) is 19.6 Å². The van der Waals surface area contributed by atoms with E-state index in [2.05, 4.69) is 22.2 Å². The number of carbonyl (C=O) groups excluding carboxylic acids is 1. The van der Waals surface area contributed by atoms with Gasteiger partial charge in [0, 0.05) is 50.9 Å². The second kappa shape index (κ2) is 9.88. The van der Waals surface area contributed by atoms with Crippen molar-refractivity contribution in [2.75, 3.05) is 26.2 Å². The van der Waals surface area contributed by atoms with Crippen molar-refractivity contribution >= 4 is 17.5 Å². The van der Waals surface area contributed by atoms with Gasteiger partial charge in [0.25, 0.3) is 5.91 Å². The van der Waals surface area contributed by atoms with Crippen LogP contribution in [0.15, 0.2) is 36.4 Å². The van der Waals surface area contributed by atoms with E-state index in [1.54, 1.807) is 4.68 Å². The molecule has 2 aliphatic rings. The number of amides is 1. The van der Waals surface area contributed by atoms with Gasteiger partial charge in [-0.3, -0.25) is 14.4 Å². The molecular weight excluding hydrogens is 412 g/mol. The maximum absolute atomic E-state index is 13.1. The molecule has 1 aliphatic heterocycles. The van der Waals surface area contributed by atoms with E-state index >= 15 is 0 Å². The summed E-state index contributed by atoms with van der Waals surface area (Å²) in [5.74, 6) is 0.903. The highest BCUT2D eigenvalue weighted by Crippen LogP contribution is 2.22. The summed E-state index contributed by atoms with van der Waals surface area (Å²) in [4.78, 5) is 17.4. The molecule has 1 atom stereocenters. The van der Waals surface area contributed by atoms with Crippen molar-refractivity contribution in [2.24, 2.45) is 7.05 Å². The molecule has 1 saturated heterocycles. The number of ether oxygens (including phenoxy) is 1. The summed E-state index contributed by atoms with van der Waals surface area (Å²) in [6, 6.07) is 7.58. The molecule has 31 heavy (non-hydrogen) atoms. The van der Waals surface area contributed by atoms with Crippen LogP contribution in [-0.2, 0) is 13.6 Å². The van der Waals surface area contributed by atoms with Crippen LogP contribution >= 0.6 is 11.6 Å². The molecule has 166 valence electrons. The van der Waals surface area contributed by atoms with Crippen LogP contribution in [-0.4, -0.2) is 57.8 Å². The van der Waals surface area contributed by atoms with Crippen molar-refractivity contribution in [2.45, 2.75) is 45.3 Å². The molecule has 1 fully saturated rings. The average Bonchev–Trinajstić information content (AvgIpc) is 2.94. The Labute approximate surface area is 189 Å². The lowest BCUT2D eigenvalue weighted by atomic mass is 10.1. The molecule has 6 nitrogen and oxygen atoms in total. The largest absolute Gasteiger partial charge is 0.486 e. The fraction of sp³-hybridized carbons (Fsp3) is 0.500. The van der Waals surface area contributed by atoms with Crippen molar-refractivity contribution in [3.63, 3.8) is 0 Å². The van der Waals surface area contributed by atoms with Gasteiger partial charge in [0.15, 0.2) is 0 Å². The molecule has 7 heteroatoms. The molecule has 1 amide bonds. The van der Waals surface area contributed by atoms with Crippen molar-refractivity contribution in [3.8, 4) is 5.75 Å². The predicted octanol–water partition coefficient (Wildman–Crippen LogP) is 4.22. The minimum Gasteiger partial charge on any atom is -0.486 e. The molecule has 0 bridgehead atoms. The summed E-state index contributed by atoms with van der Waals surface area (Å²) in [6.07, 6.45) is 8.74. The first-order chi connectivity index (χ1) is 15.0. The van der Waals surface area contributed by atoms with E-state index in [-0.39, 0.29) is 12.0 Å². The molecular formula is C24H31ClN4O2. The van der Waals surface area contributed by atoms with E-state index in [1.807, 2.05) is 43.1 Å². The van der Waals surface area contributed by atoms with E-state index in [0.29, 0.717) is 17.3 Å². The van der Waals surface area contributed by atoms with E-state index in [0.717, 1.165) is 68.9 Å². The van der Waals surface area contributed by atoms with Crippen LogP contribution in [0.3, 0.4) is 0 Å². The molecule has 1 aromatic carbocycles. The predicted molar refractivity (Wildman–Crippen MR) is 123 cm³/mol. The molecule has 0 N–H and O–H groups in total. The number of aryl methyl sites for hydroxylation is 2. The maximum atomic E-state index is 13.1. The Bertz CT molecular complexity index is 938. The molecule has 1 aromatic heterocycles. The van der Waals surface area contributed by atoms with Crippen LogP contribution in [0.1, 0.15) is 47.3 Å². The average molecular weight is 443 g/mol. The third-order valence-electron chi connectivity index (χ3n) is 6.13. The number of hydrogen-bond donors (Lipinski definition) is 0. The Morgan fingerprint density at radius 1 is 1.16 bits per heavy atom. The third kappa shape index (κ3) is 5.31. The quantitative estimate of drug-likeness (QED) is 0.650. The fourth-order valence-corrected chi connectivity index (χ4v) is 4.56. The minimum absolute atomic E-state index is 0.0848. The summed E-state index contributed by atoms with van der Waals surface area (Å²) >= 11 is 6.40. The molecule has 2 aromatic rings. The number of benzene rings is 1. The zero-order valence-electron chi connectivity index (χ0n) is 18.4. The van der Waals surface area contributed by atoms with Gasteiger partial charge in [-0.05, 0) is 62.9 Å². The van der Waals surface area contributed by atoms with Crippen LogP contribution in [0.2, 0.25) is 5.15 Å². The lowest BCUT2D eigenvalue weighted by Crippen LogP contribution is -2.35. The van der Waals surface area contributed by atoms with Crippen molar-refractivity contribution in [1.29, 1.82) is 0 Å². The topological polar surface area (TPSA) is 50.6 Å². The van der Waals surface area contributed by atoms with Gasteiger partial charge < -0.3 is 9.64 Å². The minimum atomic E-state index is 0.0848. The number of hydrogen-bond acceptors (Lipinski definition) is 4. The second-order valence-corrected chi connectivity index (χ2v) is 8.80. The molecule has 0 saturated carbocycles. The first-order valence-electron chi connectivity index (χ1n) is 11.1. The van der Waals surface area contributed by atoms with Gasteiger partial charge in [-0.15, -0.1) is 0 Å². The smallest absolute Gasteiger partial charge is 0.253 e. The van der Waals surface area contributed by atoms with Crippen LogP contribution in [0, 0.1) is 6.92 Å². The zero-order valence-corrected chi connectivity index (χ0v) is 19.1. The van der Waals surface area contributed by atoms with Crippen molar-refractivity contribution < 1.29 is 9.53 Å². The molecule has 0 radical (unpaired) electrons. The van der Waals surface area contributed by atoms with Gasteiger partial charge in [0.2, 0.25) is 0 Å². The highest BCUT2D eigenvalue weighted by atomic mass is 35.5.